The molecule has 0 aliphatic heterocycles. The normalized spacial score (nSPS) is 12.0. The van der Waals surface area contributed by atoms with E-state index in [-0.39, 0.29) is 15.1 Å². The molecule has 9 heteroatoms. The zero-order valence-electron chi connectivity index (χ0n) is 11.8. The van der Waals surface area contributed by atoms with Gasteiger partial charge in [0, 0.05) is 10.5 Å². The van der Waals surface area contributed by atoms with Crippen molar-refractivity contribution in [1.29, 1.82) is 0 Å². The van der Waals surface area contributed by atoms with Gasteiger partial charge in [-0.25, -0.2) is 12.8 Å². The molecule has 0 amide bonds. The van der Waals surface area contributed by atoms with Crippen molar-refractivity contribution in [2.24, 2.45) is 0 Å². The Balaban J connectivity index is 3.36. The minimum atomic E-state index is -4.04. The highest BCUT2D eigenvalue weighted by atomic mass is 79.9. The van der Waals surface area contributed by atoms with Crippen molar-refractivity contribution in [3.05, 3.63) is 22.4 Å². The van der Waals surface area contributed by atoms with E-state index in [1.165, 1.54) is 7.11 Å². The van der Waals surface area contributed by atoms with Crippen LogP contribution in [0.15, 0.2) is 21.5 Å². The van der Waals surface area contributed by atoms with Gasteiger partial charge in [-0.05, 0) is 41.9 Å². The van der Waals surface area contributed by atoms with Crippen molar-refractivity contribution in [1.82, 2.24) is 4.31 Å². The highest BCUT2D eigenvalue weighted by molar-refractivity contribution is 9.10. The van der Waals surface area contributed by atoms with Gasteiger partial charge in [-0.1, -0.05) is 0 Å². The van der Waals surface area contributed by atoms with Crippen molar-refractivity contribution in [3.63, 3.8) is 0 Å². The van der Waals surface area contributed by atoms with Crippen molar-refractivity contribution in [2.75, 3.05) is 19.4 Å². The van der Waals surface area contributed by atoms with Crippen molar-refractivity contribution in [2.45, 2.75) is 24.8 Å². The Morgan fingerprint density at radius 2 is 2.05 bits per heavy atom. The van der Waals surface area contributed by atoms with Crippen molar-refractivity contribution >= 4 is 37.6 Å². The number of nitrogens with zero attached hydrogens (tertiary/aromatic N) is 1. The minimum Gasteiger partial charge on any atom is -0.468 e. The van der Waals surface area contributed by atoms with E-state index in [1.807, 2.05) is 0 Å². The van der Waals surface area contributed by atoms with Gasteiger partial charge < -0.3 is 10.5 Å². The molecule has 0 atom stereocenters. The van der Waals surface area contributed by atoms with E-state index < -0.39 is 34.4 Å². The number of esters is 1. The van der Waals surface area contributed by atoms with Crippen LogP contribution in [0.25, 0.3) is 0 Å². The molecule has 2 N–H and O–H groups in total. The van der Waals surface area contributed by atoms with Crippen LogP contribution in [0.5, 0.6) is 0 Å². The lowest BCUT2D eigenvalue weighted by atomic mass is 10.3. The molecule has 0 saturated carbocycles. The maximum Gasteiger partial charge on any atom is 0.321 e. The summed E-state index contributed by atoms with van der Waals surface area (Å²) in [6.45, 7) is 2.78. The van der Waals surface area contributed by atoms with Gasteiger partial charge in [0.25, 0.3) is 0 Å². The van der Waals surface area contributed by atoms with Crippen LogP contribution in [0, 0.1) is 5.82 Å². The maximum atomic E-state index is 13.3. The number of rotatable bonds is 5. The SMILES string of the molecule is COC(=O)CN(C(C)C)S(=O)(=O)c1cc(N)c(F)cc1Br. The van der Waals surface area contributed by atoms with Gasteiger partial charge in [0.05, 0.1) is 17.7 Å². The first kappa shape index (κ1) is 17.9. The summed E-state index contributed by atoms with van der Waals surface area (Å²) in [5.74, 6) is -1.43. The number of methoxy groups -OCH3 is 1. The third-order valence-corrected chi connectivity index (χ3v) is 5.71. The summed E-state index contributed by atoms with van der Waals surface area (Å²) in [5.41, 5.74) is 5.13. The van der Waals surface area contributed by atoms with Crippen LogP contribution < -0.4 is 5.73 Å². The van der Waals surface area contributed by atoms with Gasteiger partial charge in [0.15, 0.2) is 0 Å². The summed E-state index contributed by atoms with van der Waals surface area (Å²) in [7, 11) is -2.87. The number of anilines is 1. The Labute approximate surface area is 131 Å². The fourth-order valence-electron chi connectivity index (χ4n) is 1.61. The second-order valence-electron chi connectivity index (χ2n) is 4.52. The Bertz CT molecular complexity index is 649. The van der Waals surface area contributed by atoms with Gasteiger partial charge in [0.1, 0.15) is 12.4 Å². The van der Waals surface area contributed by atoms with Crippen LogP contribution in [0.1, 0.15) is 13.8 Å². The smallest absolute Gasteiger partial charge is 0.321 e. The summed E-state index contributed by atoms with van der Waals surface area (Å²) in [6, 6.07) is 1.49. The molecule has 0 aliphatic carbocycles. The number of nitrogens with two attached hydrogens (primary N) is 1. The third kappa shape index (κ3) is 3.92. The highest BCUT2D eigenvalue weighted by Gasteiger charge is 2.31. The lowest BCUT2D eigenvalue weighted by Crippen LogP contribution is -2.41. The molecular weight excluding hydrogens is 367 g/mol. The number of nitrogen functional groups attached to an aromatic ring is 1. The van der Waals surface area contributed by atoms with Crippen LogP contribution in [0.4, 0.5) is 10.1 Å². The average molecular weight is 383 g/mol. The number of carbonyl (C=O) groups is 1. The highest BCUT2D eigenvalue weighted by Crippen LogP contribution is 2.29. The molecule has 1 aromatic carbocycles. The van der Waals surface area contributed by atoms with E-state index in [2.05, 4.69) is 20.7 Å². The number of carbonyl (C=O) groups excluding carboxylic acids is 1. The topological polar surface area (TPSA) is 89.7 Å². The predicted molar refractivity (Wildman–Crippen MR) is 79.6 cm³/mol. The van der Waals surface area contributed by atoms with Crippen molar-refractivity contribution in [3.8, 4) is 0 Å². The van der Waals surface area contributed by atoms with Crippen LogP contribution >= 0.6 is 15.9 Å². The number of hydrogen-bond donors (Lipinski definition) is 1. The largest absolute Gasteiger partial charge is 0.468 e. The summed E-state index contributed by atoms with van der Waals surface area (Å²) >= 11 is 3.00. The summed E-state index contributed by atoms with van der Waals surface area (Å²) in [5, 5.41) is 0. The lowest BCUT2D eigenvalue weighted by molar-refractivity contribution is -0.141. The molecule has 0 fully saturated rings. The van der Waals surface area contributed by atoms with E-state index in [4.69, 9.17) is 5.73 Å². The Kier molecular flexibility index (Phi) is 5.71. The van der Waals surface area contributed by atoms with Gasteiger partial charge in [-0.2, -0.15) is 4.31 Å². The molecule has 1 rings (SSSR count). The molecule has 0 aromatic heterocycles. The first-order valence-corrected chi connectivity index (χ1v) is 8.17. The molecule has 118 valence electrons. The van der Waals surface area contributed by atoms with E-state index in [0.29, 0.717) is 0 Å². The van der Waals surface area contributed by atoms with Gasteiger partial charge in [-0.3, -0.25) is 4.79 Å². The molecule has 0 saturated heterocycles. The Hall–Kier alpha value is -1.19. The molecule has 0 aliphatic rings. The Morgan fingerprint density at radius 3 is 2.52 bits per heavy atom. The molecular formula is C12H16BrFN2O4S. The molecule has 0 unspecified atom stereocenters. The zero-order valence-corrected chi connectivity index (χ0v) is 14.2. The van der Waals surface area contributed by atoms with Gasteiger partial charge >= 0.3 is 5.97 Å². The fraction of sp³-hybridized carbons (Fsp3) is 0.417. The van der Waals surface area contributed by atoms with E-state index in [9.17, 15) is 17.6 Å². The number of halogens is 2. The van der Waals surface area contributed by atoms with E-state index >= 15 is 0 Å². The maximum absolute atomic E-state index is 13.3. The quantitative estimate of drug-likeness (QED) is 0.618. The molecule has 0 radical (unpaired) electrons. The summed E-state index contributed by atoms with van der Waals surface area (Å²) < 4.78 is 44.1. The average Bonchev–Trinajstić information content (AvgIpc) is 2.38. The second-order valence-corrected chi connectivity index (χ2v) is 7.24. The van der Waals surface area contributed by atoms with Crippen LogP contribution in [0.2, 0.25) is 0 Å². The fourth-order valence-corrected chi connectivity index (χ4v) is 4.20. The molecule has 1 aromatic rings. The van der Waals surface area contributed by atoms with Crippen molar-refractivity contribution < 1.29 is 22.3 Å². The minimum absolute atomic E-state index is 0.0321. The first-order valence-electron chi connectivity index (χ1n) is 5.94. The standard InChI is InChI=1S/C12H16BrFN2O4S/c1-7(2)16(6-12(17)20-3)21(18,19)11-5-10(15)9(14)4-8(11)13/h4-5,7H,6,15H2,1-3H3. The number of hydrogen-bond acceptors (Lipinski definition) is 5. The number of ether oxygens (including phenoxy) is 1. The predicted octanol–water partition coefficient (Wildman–Crippen LogP) is 1.74. The van der Waals surface area contributed by atoms with Gasteiger partial charge in [-0.15, -0.1) is 0 Å². The van der Waals surface area contributed by atoms with Crippen LogP contribution in [-0.2, 0) is 19.6 Å². The molecule has 6 nitrogen and oxygen atoms in total. The van der Waals surface area contributed by atoms with Crippen LogP contribution in [-0.4, -0.2) is 38.4 Å². The summed E-state index contributed by atoms with van der Waals surface area (Å²) in [4.78, 5) is 11.2. The molecule has 21 heavy (non-hydrogen) atoms. The number of benzene rings is 1. The zero-order chi connectivity index (χ0) is 16.4. The van der Waals surface area contributed by atoms with E-state index in [0.717, 1.165) is 16.4 Å². The second kappa shape index (κ2) is 6.71. The summed E-state index contributed by atoms with van der Waals surface area (Å²) in [6.07, 6.45) is 0. The molecule has 0 bridgehead atoms. The Morgan fingerprint density at radius 1 is 1.48 bits per heavy atom. The van der Waals surface area contributed by atoms with Gasteiger partial charge in [0.2, 0.25) is 10.0 Å². The molecule has 0 spiro atoms. The monoisotopic (exact) mass is 382 g/mol. The third-order valence-electron chi connectivity index (χ3n) is 2.73. The van der Waals surface area contributed by atoms with E-state index in [1.54, 1.807) is 13.8 Å². The van der Waals surface area contributed by atoms with Crippen LogP contribution in [0.3, 0.4) is 0 Å². The molecule has 0 heterocycles. The first-order chi connectivity index (χ1) is 9.61. The number of sulfonamides is 1. The lowest BCUT2D eigenvalue weighted by Gasteiger charge is -2.25.